The van der Waals surface area contributed by atoms with Crippen LogP contribution in [0.4, 0.5) is 5.69 Å². The maximum atomic E-state index is 12.4. The number of hydrogen-bond donors (Lipinski definition) is 1. The largest absolute Gasteiger partial charge is 0.490 e. The molecule has 156 valence electrons. The minimum absolute atomic E-state index is 0.0689. The maximum Gasteiger partial charge on any atom is 0.344 e. The normalized spacial score (nSPS) is 10.7. The first-order valence-electron chi connectivity index (χ1n) is 9.20. The predicted molar refractivity (Wildman–Crippen MR) is 116 cm³/mol. The second-order valence-corrected chi connectivity index (χ2v) is 6.78. The standard InChI is InChI=1S/C22H21BrN2O5/c1-3-28-20-12-15(5-10-19(20)30-14-21(26)29-4-2)11-16(13-24)22(27)25-18-8-6-17(23)7-9-18/h5-12H,3-4,14H2,1-2H3,(H,25,27)/b16-11-. The average molecular weight is 473 g/mol. The van der Waals surface area contributed by atoms with E-state index >= 15 is 0 Å². The number of nitrogens with one attached hydrogen (secondary N) is 1. The highest BCUT2D eigenvalue weighted by Gasteiger charge is 2.12. The van der Waals surface area contributed by atoms with Crippen LogP contribution in [0.2, 0.25) is 0 Å². The number of carbonyl (C=O) groups excluding carboxylic acids is 2. The van der Waals surface area contributed by atoms with Gasteiger partial charge in [0.25, 0.3) is 5.91 Å². The number of amides is 1. The predicted octanol–water partition coefficient (Wildman–Crippen LogP) is 4.34. The fourth-order valence-corrected chi connectivity index (χ4v) is 2.65. The van der Waals surface area contributed by atoms with Gasteiger partial charge >= 0.3 is 5.97 Å². The van der Waals surface area contributed by atoms with Crippen molar-refractivity contribution in [2.24, 2.45) is 0 Å². The van der Waals surface area contributed by atoms with Gasteiger partial charge in [-0.3, -0.25) is 4.79 Å². The Morgan fingerprint density at radius 3 is 2.43 bits per heavy atom. The molecule has 0 aliphatic carbocycles. The van der Waals surface area contributed by atoms with E-state index in [2.05, 4.69) is 21.2 Å². The third-order valence-electron chi connectivity index (χ3n) is 3.70. The van der Waals surface area contributed by atoms with E-state index in [1.54, 1.807) is 49.4 Å². The van der Waals surface area contributed by atoms with Crippen LogP contribution < -0.4 is 14.8 Å². The molecule has 2 aromatic rings. The number of rotatable bonds is 9. The van der Waals surface area contributed by atoms with Gasteiger partial charge in [0.15, 0.2) is 18.1 Å². The van der Waals surface area contributed by atoms with E-state index in [-0.39, 0.29) is 18.8 Å². The summed E-state index contributed by atoms with van der Waals surface area (Å²) in [5.74, 6) is -0.262. The van der Waals surface area contributed by atoms with Crippen LogP contribution in [0.3, 0.4) is 0 Å². The van der Waals surface area contributed by atoms with E-state index in [1.807, 2.05) is 13.0 Å². The minimum atomic E-state index is -0.527. The molecule has 0 atom stereocenters. The summed E-state index contributed by atoms with van der Waals surface area (Å²) in [5.41, 5.74) is 1.08. The summed E-state index contributed by atoms with van der Waals surface area (Å²) in [7, 11) is 0. The highest BCUT2D eigenvalue weighted by molar-refractivity contribution is 9.10. The molecule has 2 rings (SSSR count). The molecule has 0 bridgehead atoms. The Hall–Kier alpha value is -3.31. The summed E-state index contributed by atoms with van der Waals surface area (Å²) in [4.78, 5) is 23.9. The number of anilines is 1. The Bertz CT molecular complexity index is 964. The second kappa shape index (κ2) is 11.6. The van der Waals surface area contributed by atoms with Gasteiger partial charge in [-0.05, 0) is 61.9 Å². The Balaban J connectivity index is 2.19. The second-order valence-electron chi connectivity index (χ2n) is 5.86. The molecule has 0 fully saturated rings. The Kier molecular flexibility index (Phi) is 8.91. The fraction of sp³-hybridized carbons (Fsp3) is 0.227. The number of nitrogens with zero attached hydrogens (tertiary/aromatic N) is 1. The molecule has 0 aliphatic heterocycles. The monoisotopic (exact) mass is 472 g/mol. The molecule has 0 unspecified atom stereocenters. The topological polar surface area (TPSA) is 97.7 Å². The number of nitriles is 1. The van der Waals surface area contributed by atoms with Crippen LogP contribution in [0.1, 0.15) is 19.4 Å². The van der Waals surface area contributed by atoms with Crippen molar-refractivity contribution in [3.63, 3.8) is 0 Å². The van der Waals surface area contributed by atoms with Crippen molar-refractivity contribution >= 4 is 39.6 Å². The number of carbonyl (C=O) groups is 2. The molecule has 0 aliphatic rings. The van der Waals surface area contributed by atoms with Crippen LogP contribution in [-0.2, 0) is 14.3 Å². The molecule has 1 amide bonds. The molecular formula is C22H21BrN2O5. The molecule has 0 spiro atoms. The number of halogens is 1. The van der Waals surface area contributed by atoms with E-state index in [4.69, 9.17) is 14.2 Å². The van der Waals surface area contributed by atoms with Crippen molar-refractivity contribution in [3.05, 3.63) is 58.1 Å². The minimum Gasteiger partial charge on any atom is -0.490 e. The first-order chi connectivity index (χ1) is 14.5. The Labute approximate surface area is 183 Å². The lowest BCUT2D eigenvalue weighted by atomic mass is 10.1. The van der Waals surface area contributed by atoms with Crippen molar-refractivity contribution < 1.29 is 23.8 Å². The van der Waals surface area contributed by atoms with Crippen molar-refractivity contribution in [2.75, 3.05) is 25.1 Å². The van der Waals surface area contributed by atoms with E-state index in [0.29, 0.717) is 29.4 Å². The molecule has 30 heavy (non-hydrogen) atoms. The summed E-state index contributed by atoms with van der Waals surface area (Å²) in [5, 5.41) is 12.1. The van der Waals surface area contributed by atoms with Crippen LogP contribution in [0, 0.1) is 11.3 Å². The Morgan fingerprint density at radius 1 is 1.07 bits per heavy atom. The Morgan fingerprint density at radius 2 is 1.80 bits per heavy atom. The maximum absolute atomic E-state index is 12.4. The summed E-state index contributed by atoms with van der Waals surface area (Å²) in [6.45, 7) is 3.91. The molecule has 7 nitrogen and oxygen atoms in total. The third-order valence-corrected chi connectivity index (χ3v) is 4.23. The van der Waals surface area contributed by atoms with Crippen LogP contribution in [-0.4, -0.2) is 31.7 Å². The SMILES string of the molecule is CCOC(=O)COc1ccc(/C=C(/C#N)C(=O)Nc2ccc(Br)cc2)cc1OCC. The van der Waals surface area contributed by atoms with Crippen molar-refractivity contribution in [1.82, 2.24) is 0 Å². The number of benzene rings is 2. The summed E-state index contributed by atoms with van der Waals surface area (Å²) >= 11 is 3.33. The van der Waals surface area contributed by atoms with E-state index < -0.39 is 11.9 Å². The van der Waals surface area contributed by atoms with Gasteiger partial charge in [0.2, 0.25) is 0 Å². The highest BCUT2D eigenvalue weighted by Crippen LogP contribution is 2.29. The van der Waals surface area contributed by atoms with Crippen molar-refractivity contribution in [1.29, 1.82) is 5.26 Å². The lowest BCUT2D eigenvalue weighted by molar-refractivity contribution is -0.145. The summed E-state index contributed by atoms with van der Waals surface area (Å²) in [6, 6.07) is 13.8. The van der Waals surface area contributed by atoms with Crippen LogP contribution >= 0.6 is 15.9 Å². The molecule has 8 heteroatoms. The lowest BCUT2D eigenvalue weighted by Crippen LogP contribution is -2.15. The molecule has 0 heterocycles. The van der Waals surface area contributed by atoms with E-state index in [9.17, 15) is 14.9 Å². The van der Waals surface area contributed by atoms with E-state index in [1.165, 1.54) is 6.08 Å². The number of hydrogen-bond acceptors (Lipinski definition) is 6. The zero-order valence-corrected chi connectivity index (χ0v) is 18.2. The highest BCUT2D eigenvalue weighted by atomic mass is 79.9. The first-order valence-corrected chi connectivity index (χ1v) is 10.00. The van der Waals surface area contributed by atoms with Gasteiger partial charge in [-0.25, -0.2) is 4.79 Å². The number of ether oxygens (including phenoxy) is 3. The number of esters is 1. The molecule has 0 radical (unpaired) electrons. The zero-order valence-electron chi connectivity index (χ0n) is 16.6. The van der Waals surface area contributed by atoms with Gasteiger partial charge in [0.1, 0.15) is 11.6 Å². The quantitative estimate of drug-likeness (QED) is 0.331. The van der Waals surface area contributed by atoms with Gasteiger partial charge in [-0.2, -0.15) is 5.26 Å². The first kappa shape index (κ1) is 23.0. The van der Waals surface area contributed by atoms with Crippen LogP contribution in [0.25, 0.3) is 6.08 Å². The lowest BCUT2D eigenvalue weighted by Gasteiger charge is -2.12. The molecule has 0 saturated heterocycles. The van der Waals surface area contributed by atoms with Gasteiger partial charge in [0.05, 0.1) is 13.2 Å². The van der Waals surface area contributed by atoms with E-state index in [0.717, 1.165) is 4.47 Å². The van der Waals surface area contributed by atoms with Crippen LogP contribution in [0.15, 0.2) is 52.5 Å². The zero-order chi connectivity index (χ0) is 21.9. The molecule has 0 saturated carbocycles. The molecular weight excluding hydrogens is 452 g/mol. The molecule has 1 N–H and O–H groups in total. The van der Waals surface area contributed by atoms with Gasteiger partial charge in [0, 0.05) is 10.2 Å². The van der Waals surface area contributed by atoms with Gasteiger partial charge in [-0.15, -0.1) is 0 Å². The third kappa shape index (κ3) is 6.94. The van der Waals surface area contributed by atoms with Gasteiger partial charge < -0.3 is 19.5 Å². The van der Waals surface area contributed by atoms with Gasteiger partial charge in [-0.1, -0.05) is 22.0 Å². The summed E-state index contributed by atoms with van der Waals surface area (Å²) < 4.78 is 16.7. The van der Waals surface area contributed by atoms with Crippen LogP contribution in [0.5, 0.6) is 11.5 Å². The summed E-state index contributed by atoms with van der Waals surface area (Å²) in [6.07, 6.45) is 1.45. The fourth-order valence-electron chi connectivity index (χ4n) is 2.39. The average Bonchev–Trinajstić information content (AvgIpc) is 2.73. The smallest absolute Gasteiger partial charge is 0.344 e. The van der Waals surface area contributed by atoms with Crippen molar-refractivity contribution in [2.45, 2.75) is 13.8 Å². The van der Waals surface area contributed by atoms with Crippen molar-refractivity contribution in [3.8, 4) is 17.6 Å². The molecule has 0 aromatic heterocycles. The molecule has 2 aromatic carbocycles.